The third-order valence-electron chi connectivity index (χ3n) is 3.07. The molecule has 1 heterocycles. The number of rotatable bonds is 8. The summed E-state index contributed by atoms with van der Waals surface area (Å²) in [6.45, 7) is 1.33. The third kappa shape index (κ3) is 6.64. The van der Waals surface area contributed by atoms with Crippen molar-refractivity contribution in [2.75, 3.05) is 31.7 Å². The summed E-state index contributed by atoms with van der Waals surface area (Å²) in [6.07, 6.45) is 0. The van der Waals surface area contributed by atoms with Crippen molar-refractivity contribution in [2.24, 2.45) is 0 Å². The molecular formula is C17H22FN3O2S. The van der Waals surface area contributed by atoms with Gasteiger partial charge in [0.05, 0.1) is 12.3 Å². The van der Waals surface area contributed by atoms with E-state index in [1.165, 1.54) is 24.3 Å². The minimum absolute atomic E-state index is 0.298. The van der Waals surface area contributed by atoms with Crippen molar-refractivity contribution in [3.05, 3.63) is 53.7 Å². The standard InChI is InChI=1S/C17H22FN3O2S/c1-21(2)11-15-7-8-16(23-15)12-24-10-9-19-17(22)20-14-5-3-13(18)4-6-14/h3-8H,9-12H2,1-2H3,(H2,19,20,22). The first-order valence-electron chi connectivity index (χ1n) is 7.63. The van der Waals surface area contributed by atoms with Crippen molar-refractivity contribution in [1.82, 2.24) is 10.2 Å². The average molecular weight is 351 g/mol. The molecule has 2 amide bonds. The van der Waals surface area contributed by atoms with Gasteiger partial charge in [0.15, 0.2) is 0 Å². The van der Waals surface area contributed by atoms with Gasteiger partial charge in [0, 0.05) is 18.0 Å². The number of nitrogens with zero attached hydrogens (tertiary/aromatic N) is 1. The van der Waals surface area contributed by atoms with Crippen LogP contribution in [0.4, 0.5) is 14.9 Å². The lowest BCUT2D eigenvalue weighted by Crippen LogP contribution is -2.30. The molecule has 2 rings (SSSR count). The van der Waals surface area contributed by atoms with Crippen molar-refractivity contribution in [2.45, 2.75) is 12.3 Å². The summed E-state index contributed by atoms with van der Waals surface area (Å²) in [4.78, 5) is 13.7. The highest BCUT2D eigenvalue weighted by Gasteiger charge is 2.04. The maximum absolute atomic E-state index is 12.8. The summed E-state index contributed by atoms with van der Waals surface area (Å²) in [5.74, 6) is 3.11. The largest absolute Gasteiger partial charge is 0.464 e. The minimum Gasteiger partial charge on any atom is -0.464 e. The maximum Gasteiger partial charge on any atom is 0.319 e. The second kappa shape index (κ2) is 9.34. The second-order valence-corrected chi connectivity index (χ2v) is 6.65. The van der Waals surface area contributed by atoms with Gasteiger partial charge in [0.25, 0.3) is 0 Å². The van der Waals surface area contributed by atoms with Gasteiger partial charge in [-0.3, -0.25) is 0 Å². The highest BCUT2D eigenvalue weighted by Crippen LogP contribution is 2.16. The predicted molar refractivity (Wildman–Crippen MR) is 95.7 cm³/mol. The number of anilines is 1. The fraction of sp³-hybridized carbons (Fsp3) is 0.353. The number of halogens is 1. The van der Waals surface area contributed by atoms with E-state index >= 15 is 0 Å². The normalized spacial score (nSPS) is 10.8. The summed E-state index contributed by atoms with van der Waals surface area (Å²) >= 11 is 1.69. The van der Waals surface area contributed by atoms with Gasteiger partial charge in [-0.1, -0.05) is 0 Å². The van der Waals surface area contributed by atoms with Gasteiger partial charge in [-0.2, -0.15) is 11.8 Å². The zero-order valence-electron chi connectivity index (χ0n) is 13.8. The molecule has 0 bridgehead atoms. The molecule has 0 atom stereocenters. The van der Waals surface area contributed by atoms with Gasteiger partial charge in [0.2, 0.25) is 0 Å². The van der Waals surface area contributed by atoms with Gasteiger partial charge >= 0.3 is 6.03 Å². The molecule has 1 aromatic heterocycles. The lowest BCUT2D eigenvalue weighted by molar-refractivity contribution is 0.252. The Kier molecular flexibility index (Phi) is 7.14. The van der Waals surface area contributed by atoms with Gasteiger partial charge in [-0.25, -0.2) is 9.18 Å². The topological polar surface area (TPSA) is 57.5 Å². The fourth-order valence-corrected chi connectivity index (χ4v) is 2.76. The smallest absolute Gasteiger partial charge is 0.319 e. The minimum atomic E-state index is -0.330. The second-order valence-electron chi connectivity index (χ2n) is 5.55. The van der Waals surface area contributed by atoms with Gasteiger partial charge in [-0.15, -0.1) is 0 Å². The summed E-state index contributed by atoms with van der Waals surface area (Å²) in [5, 5.41) is 5.41. The number of nitrogens with one attached hydrogen (secondary N) is 2. The number of carbonyl (C=O) groups excluding carboxylic acids is 1. The molecule has 1 aromatic carbocycles. The molecule has 130 valence electrons. The van der Waals surface area contributed by atoms with Crippen LogP contribution in [0.3, 0.4) is 0 Å². The van der Waals surface area contributed by atoms with Crippen molar-refractivity contribution in [3.63, 3.8) is 0 Å². The van der Waals surface area contributed by atoms with E-state index in [9.17, 15) is 9.18 Å². The van der Waals surface area contributed by atoms with E-state index in [4.69, 9.17) is 4.42 Å². The molecule has 0 spiro atoms. The Hall–Kier alpha value is -1.99. The summed E-state index contributed by atoms with van der Waals surface area (Å²) in [6, 6.07) is 9.33. The van der Waals surface area contributed by atoms with Crippen molar-refractivity contribution in [3.8, 4) is 0 Å². The zero-order chi connectivity index (χ0) is 17.4. The maximum atomic E-state index is 12.8. The third-order valence-corrected chi connectivity index (χ3v) is 4.05. The quantitative estimate of drug-likeness (QED) is 0.714. The predicted octanol–water partition coefficient (Wildman–Crippen LogP) is 3.54. The summed E-state index contributed by atoms with van der Waals surface area (Å²) < 4.78 is 18.5. The fourth-order valence-electron chi connectivity index (χ4n) is 2.01. The first-order chi connectivity index (χ1) is 11.5. The van der Waals surface area contributed by atoms with Crippen LogP contribution in [0.25, 0.3) is 0 Å². The van der Waals surface area contributed by atoms with E-state index in [1.807, 2.05) is 26.2 Å². The van der Waals surface area contributed by atoms with E-state index in [0.717, 1.165) is 29.6 Å². The Balaban J connectivity index is 1.60. The van der Waals surface area contributed by atoms with Gasteiger partial charge in [0.1, 0.15) is 17.3 Å². The Labute approximate surface area is 145 Å². The molecule has 0 aliphatic carbocycles. The Morgan fingerprint density at radius 3 is 2.58 bits per heavy atom. The number of carbonyl (C=O) groups is 1. The molecule has 7 heteroatoms. The number of hydrogen-bond acceptors (Lipinski definition) is 4. The summed E-state index contributed by atoms with van der Waals surface area (Å²) in [5.41, 5.74) is 0.561. The molecule has 0 unspecified atom stereocenters. The van der Waals surface area contributed by atoms with E-state index in [2.05, 4.69) is 15.5 Å². The number of furan rings is 1. The molecule has 24 heavy (non-hydrogen) atoms. The van der Waals surface area contributed by atoms with E-state index in [1.54, 1.807) is 11.8 Å². The van der Waals surface area contributed by atoms with E-state index in [-0.39, 0.29) is 11.8 Å². The molecule has 2 aromatic rings. The molecule has 0 saturated carbocycles. The van der Waals surface area contributed by atoms with Crippen LogP contribution < -0.4 is 10.6 Å². The molecule has 5 nitrogen and oxygen atoms in total. The van der Waals surface area contributed by atoms with Crippen molar-refractivity contribution in [1.29, 1.82) is 0 Å². The highest BCUT2D eigenvalue weighted by molar-refractivity contribution is 7.98. The number of hydrogen-bond donors (Lipinski definition) is 2. The van der Waals surface area contributed by atoms with Crippen LogP contribution in [-0.2, 0) is 12.3 Å². The van der Waals surface area contributed by atoms with Crippen LogP contribution in [0.2, 0.25) is 0 Å². The Bertz CT molecular complexity index is 644. The van der Waals surface area contributed by atoms with Crippen LogP contribution in [-0.4, -0.2) is 37.3 Å². The van der Waals surface area contributed by atoms with Gasteiger partial charge in [-0.05, 0) is 50.5 Å². The van der Waals surface area contributed by atoms with E-state index in [0.29, 0.717) is 12.2 Å². The van der Waals surface area contributed by atoms with Crippen LogP contribution in [0, 0.1) is 5.82 Å². The average Bonchev–Trinajstić information content (AvgIpc) is 2.96. The number of urea groups is 1. The number of amides is 2. The lowest BCUT2D eigenvalue weighted by Gasteiger charge is -2.07. The summed E-state index contributed by atoms with van der Waals surface area (Å²) in [7, 11) is 4.00. The van der Waals surface area contributed by atoms with Crippen LogP contribution in [0.15, 0.2) is 40.8 Å². The lowest BCUT2D eigenvalue weighted by atomic mass is 10.3. The Morgan fingerprint density at radius 2 is 1.88 bits per heavy atom. The molecule has 0 aliphatic heterocycles. The van der Waals surface area contributed by atoms with Crippen LogP contribution in [0.1, 0.15) is 11.5 Å². The molecule has 2 N–H and O–H groups in total. The van der Waals surface area contributed by atoms with Gasteiger partial charge < -0.3 is 20.0 Å². The number of thioether (sulfide) groups is 1. The first-order valence-corrected chi connectivity index (χ1v) is 8.79. The molecule has 0 fully saturated rings. The van der Waals surface area contributed by atoms with E-state index < -0.39 is 0 Å². The molecule has 0 radical (unpaired) electrons. The monoisotopic (exact) mass is 351 g/mol. The number of benzene rings is 1. The Morgan fingerprint density at radius 1 is 1.17 bits per heavy atom. The molecular weight excluding hydrogens is 329 g/mol. The molecule has 0 saturated heterocycles. The van der Waals surface area contributed by atoms with Crippen LogP contribution in [0.5, 0.6) is 0 Å². The van der Waals surface area contributed by atoms with Crippen molar-refractivity contribution >= 4 is 23.5 Å². The molecule has 0 aliphatic rings. The van der Waals surface area contributed by atoms with Crippen LogP contribution >= 0.6 is 11.8 Å². The van der Waals surface area contributed by atoms with Crippen molar-refractivity contribution < 1.29 is 13.6 Å². The highest BCUT2D eigenvalue weighted by atomic mass is 32.2. The zero-order valence-corrected chi connectivity index (χ0v) is 14.7. The first kappa shape index (κ1) is 18.4. The SMILES string of the molecule is CN(C)Cc1ccc(CSCCNC(=O)Nc2ccc(F)cc2)o1.